The van der Waals surface area contributed by atoms with Gasteiger partial charge in [-0.1, -0.05) is 135 Å². The standard InChI is InChI=1S/C65H88N10O7/c1-43(66-3)59(76)70-53-27-13-11-25-51-37-39-55(74(51)63(53)80)61(78)72-57(47-21-7-5-8-22-47)49-33-29-45(30-34-49)19-15-17-41-68-65(82)69-42-18-16-20-46-31-35-50(36-32-46)58(48-23-9-6-10-24-48)73-62(79)56-40-38-52-26-12-14-28-54(64(81)75(52)56)71-60(77)44(2)67-4/h5-10,21-24,29-36,43-44,51-58,66-67H,11-20,25-28,37-42H2,1-4H3,(H,70,76)(H,71,77)(H,72,78)(H,73,79)(H2,68,69,82)/t43-,44-,51-,52-,53-,54-,55-,56-,57-,58+/m0/s1. The lowest BCUT2D eigenvalue weighted by Crippen LogP contribution is -2.58. The number of nitrogens with one attached hydrogen (secondary N) is 8. The van der Waals surface area contributed by atoms with Gasteiger partial charge in [-0.15, -0.1) is 0 Å². The van der Waals surface area contributed by atoms with E-state index >= 15 is 0 Å². The highest BCUT2D eigenvalue weighted by atomic mass is 16.2. The van der Waals surface area contributed by atoms with E-state index in [1.54, 1.807) is 37.7 Å². The van der Waals surface area contributed by atoms with Gasteiger partial charge in [-0.3, -0.25) is 28.8 Å². The van der Waals surface area contributed by atoms with Gasteiger partial charge in [-0.25, -0.2) is 4.79 Å². The van der Waals surface area contributed by atoms with Gasteiger partial charge in [0.25, 0.3) is 0 Å². The van der Waals surface area contributed by atoms with Crippen molar-refractivity contribution >= 4 is 41.5 Å². The molecule has 8 rings (SSSR count). The number of urea groups is 1. The van der Waals surface area contributed by atoms with Crippen LogP contribution in [0.25, 0.3) is 0 Å². The quantitative estimate of drug-likeness (QED) is 0.0346. The number of carbonyl (C=O) groups is 7. The van der Waals surface area contributed by atoms with Crippen LogP contribution in [0.2, 0.25) is 0 Å². The number of carbonyl (C=O) groups excluding carboxylic acids is 7. The van der Waals surface area contributed by atoms with E-state index in [0.717, 1.165) is 123 Å². The molecule has 440 valence electrons. The molecule has 4 aliphatic heterocycles. The molecule has 4 aromatic carbocycles. The van der Waals surface area contributed by atoms with Crippen molar-refractivity contribution in [2.24, 2.45) is 0 Å². The van der Waals surface area contributed by atoms with Gasteiger partial charge in [0.05, 0.1) is 24.2 Å². The van der Waals surface area contributed by atoms with Crippen LogP contribution < -0.4 is 42.5 Å². The van der Waals surface area contributed by atoms with Crippen molar-refractivity contribution in [3.63, 3.8) is 0 Å². The van der Waals surface area contributed by atoms with Gasteiger partial charge >= 0.3 is 6.03 Å². The maximum Gasteiger partial charge on any atom is 0.314 e. The fourth-order valence-corrected chi connectivity index (χ4v) is 12.3. The maximum atomic E-state index is 14.3. The van der Waals surface area contributed by atoms with Gasteiger partial charge in [0.15, 0.2) is 0 Å². The molecule has 0 aliphatic carbocycles. The third-order valence-electron chi connectivity index (χ3n) is 17.4. The fourth-order valence-electron chi connectivity index (χ4n) is 12.3. The van der Waals surface area contributed by atoms with Crippen LogP contribution in [-0.4, -0.2) is 127 Å². The lowest BCUT2D eigenvalue weighted by Gasteiger charge is -2.36. The van der Waals surface area contributed by atoms with Crippen molar-refractivity contribution < 1.29 is 33.6 Å². The Bertz CT molecular complexity index is 2560. The summed E-state index contributed by atoms with van der Waals surface area (Å²) >= 11 is 0. The second-order valence-electron chi connectivity index (χ2n) is 23.0. The number of nitrogens with zero attached hydrogens (tertiary/aromatic N) is 2. The summed E-state index contributed by atoms with van der Waals surface area (Å²) in [5.41, 5.74) is 6.08. The van der Waals surface area contributed by atoms with E-state index in [0.29, 0.717) is 38.8 Å². The largest absolute Gasteiger partial charge is 0.343 e. The molecule has 4 fully saturated rings. The minimum atomic E-state index is -0.665. The van der Waals surface area contributed by atoms with Crippen LogP contribution in [0.1, 0.15) is 162 Å². The van der Waals surface area contributed by atoms with Crippen LogP contribution in [0.4, 0.5) is 4.79 Å². The second kappa shape index (κ2) is 30.3. The summed E-state index contributed by atoms with van der Waals surface area (Å²) in [5.74, 6) is -1.19. The molecule has 0 aromatic heterocycles. The first-order valence-electron chi connectivity index (χ1n) is 30.3. The third-order valence-corrected chi connectivity index (χ3v) is 17.4. The van der Waals surface area contributed by atoms with Gasteiger partial charge < -0.3 is 52.3 Å². The molecule has 0 saturated carbocycles. The van der Waals surface area contributed by atoms with E-state index in [9.17, 15) is 33.6 Å². The molecule has 82 heavy (non-hydrogen) atoms. The zero-order valence-corrected chi connectivity index (χ0v) is 48.6. The van der Waals surface area contributed by atoms with E-state index in [2.05, 4.69) is 91.1 Å². The lowest BCUT2D eigenvalue weighted by atomic mass is 9.96. The molecule has 4 aliphatic rings. The molecule has 0 bridgehead atoms. The van der Waals surface area contributed by atoms with Crippen LogP contribution in [0.5, 0.6) is 0 Å². The Morgan fingerprint density at radius 2 is 0.829 bits per heavy atom. The Morgan fingerprint density at radius 3 is 1.21 bits per heavy atom. The number of amides is 8. The van der Waals surface area contributed by atoms with Crippen molar-refractivity contribution in [1.29, 1.82) is 0 Å². The van der Waals surface area contributed by atoms with Gasteiger partial charge in [0.2, 0.25) is 35.4 Å². The molecule has 4 aromatic rings. The van der Waals surface area contributed by atoms with E-state index < -0.39 is 48.3 Å². The Balaban J connectivity index is 0.758. The van der Waals surface area contributed by atoms with Crippen LogP contribution in [0.15, 0.2) is 109 Å². The molecule has 0 radical (unpaired) electrons. The Hall–Kier alpha value is -7.11. The first kappa shape index (κ1) is 61.0. The lowest BCUT2D eigenvalue weighted by molar-refractivity contribution is -0.144. The molecule has 8 N–H and O–H groups in total. The first-order valence-corrected chi connectivity index (χ1v) is 30.3. The number of fused-ring (bicyclic) bond motifs is 2. The Morgan fingerprint density at radius 1 is 0.463 bits per heavy atom. The van der Waals surface area contributed by atoms with Crippen LogP contribution in [-0.2, 0) is 41.6 Å². The van der Waals surface area contributed by atoms with Crippen LogP contribution in [0, 0.1) is 0 Å². The average molecular weight is 1120 g/mol. The SMILES string of the molecule is CN[C@@H](C)C(=O)N[C@H]1CCCC[C@H]2CC[C@@H](C(=O)N[C@H](c3ccccc3)c3ccc(CCCCNC(=O)NCCCCc4ccc([C@@H](NC(=O)[C@@H]5CC[C@@H]6CCCC[C@H](NC(=O)[C@H](C)NC)C(=O)N65)c5ccccc5)cc4)cc3)N2C1=O. The van der Waals surface area contributed by atoms with Crippen molar-refractivity contribution in [3.8, 4) is 0 Å². The van der Waals surface area contributed by atoms with Crippen molar-refractivity contribution in [1.82, 2.24) is 52.3 Å². The van der Waals surface area contributed by atoms with Crippen molar-refractivity contribution in [2.75, 3.05) is 27.2 Å². The third kappa shape index (κ3) is 16.1. The van der Waals surface area contributed by atoms with Crippen molar-refractivity contribution in [2.45, 2.75) is 190 Å². The summed E-state index contributed by atoms with van der Waals surface area (Å²) in [5, 5.41) is 24.4. The number of rotatable bonds is 24. The molecule has 8 amide bonds. The number of likely N-dealkylation sites (N-methyl/N-ethyl adjacent to an activating group) is 2. The van der Waals surface area contributed by atoms with Gasteiger partial charge in [0, 0.05) is 25.2 Å². The summed E-state index contributed by atoms with van der Waals surface area (Å²) < 4.78 is 0. The molecule has 17 nitrogen and oxygen atoms in total. The topological polar surface area (TPSA) is 222 Å². The molecular weight excluding hydrogens is 1030 g/mol. The number of aryl methyl sites for hydroxylation is 2. The number of hydrogen-bond donors (Lipinski definition) is 8. The molecule has 4 saturated heterocycles. The molecule has 0 unspecified atom stereocenters. The smallest absolute Gasteiger partial charge is 0.314 e. The highest BCUT2D eigenvalue weighted by Gasteiger charge is 2.46. The first-order chi connectivity index (χ1) is 39.8. The monoisotopic (exact) mass is 1120 g/mol. The summed E-state index contributed by atoms with van der Waals surface area (Å²) in [7, 11) is 3.43. The highest BCUT2D eigenvalue weighted by Crippen LogP contribution is 2.35. The summed E-state index contributed by atoms with van der Waals surface area (Å²) in [6, 6.07) is 31.9. The number of hydrogen-bond acceptors (Lipinski definition) is 9. The molecular formula is C65H88N10O7. The normalized spacial score (nSPS) is 22.3. The molecule has 0 spiro atoms. The second-order valence-corrected chi connectivity index (χ2v) is 23.0. The van der Waals surface area contributed by atoms with E-state index in [1.165, 1.54) is 0 Å². The Labute approximate surface area is 485 Å². The van der Waals surface area contributed by atoms with Gasteiger partial charge in [0.1, 0.15) is 24.2 Å². The summed E-state index contributed by atoms with van der Waals surface area (Å²) in [6.45, 7) is 4.64. The van der Waals surface area contributed by atoms with Crippen molar-refractivity contribution in [3.05, 3.63) is 143 Å². The number of unbranched alkanes of at least 4 members (excludes halogenated alkanes) is 2. The summed E-state index contributed by atoms with van der Waals surface area (Å²) in [4.78, 5) is 98.7. The number of benzene rings is 4. The van der Waals surface area contributed by atoms with E-state index in [-0.39, 0.29) is 53.6 Å². The average Bonchev–Trinajstić information content (AvgIpc) is 4.22. The van der Waals surface area contributed by atoms with Gasteiger partial charge in [-0.05, 0) is 151 Å². The fraction of sp³-hybridized carbons (Fsp3) is 0.523. The molecule has 10 atom stereocenters. The minimum absolute atomic E-state index is 0.0339. The molecule has 4 heterocycles. The highest BCUT2D eigenvalue weighted by molar-refractivity contribution is 5.95. The molecule has 17 heteroatoms. The Kier molecular flexibility index (Phi) is 22.5. The van der Waals surface area contributed by atoms with E-state index in [4.69, 9.17) is 0 Å². The summed E-state index contributed by atoms with van der Waals surface area (Å²) in [6.07, 6.45) is 14.1. The maximum absolute atomic E-state index is 14.3. The van der Waals surface area contributed by atoms with Gasteiger partial charge in [-0.2, -0.15) is 0 Å². The zero-order chi connectivity index (χ0) is 58.0. The van der Waals surface area contributed by atoms with Crippen LogP contribution >= 0.6 is 0 Å². The zero-order valence-electron chi connectivity index (χ0n) is 48.6. The van der Waals surface area contributed by atoms with E-state index in [1.807, 2.05) is 60.7 Å². The predicted octanol–water partition coefficient (Wildman–Crippen LogP) is 6.80. The van der Waals surface area contributed by atoms with Crippen LogP contribution in [0.3, 0.4) is 0 Å². The predicted molar refractivity (Wildman–Crippen MR) is 318 cm³/mol. The minimum Gasteiger partial charge on any atom is -0.343 e.